The van der Waals surface area contributed by atoms with Gasteiger partial charge < -0.3 is 18.6 Å². The van der Waals surface area contributed by atoms with Gasteiger partial charge in [-0.25, -0.2) is 0 Å². The number of benzene rings is 9. The van der Waals surface area contributed by atoms with Crippen LogP contribution in [0.15, 0.2) is 203 Å². The molecule has 4 heterocycles. The summed E-state index contributed by atoms with van der Waals surface area (Å²) in [6, 6.07) is 71.3. The Morgan fingerprint density at radius 3 is 1.62 bits per heavy atom. The number of hydrogen-bond donors (Lipinski definition) is 0. The van der Waals surface area contributed by atoms with E-state index in [1.165, 1.54) is 82.5 Å². The van der Waals surface area contributed by atoms with Crippen molar-refractivity contribution < 1.29 is 8.83 Å². The Labute approximate surface area is 378 Å². The van der Waals surface area contributed by atoms with Gasteiger partial charge >= 0.3 is 0 Å². The smallest absolute Gasteiger partial charge is 0.252 e. The molecule has 0 saturated heterocycles. The molecule has 1 saturated carbocycles. The summed E-state index contributed by atoms with van der Waals surface area (Å²) in [6.07, 6.45) is 6.31. The van der Waals surface area contributed by atoms with Gasteiger partial charge in [0, 0.05) is 66.8 Å². The number of para-hydroxylation sites is 6. The van der Waals surface area contributed by atoms with Crippen LogP contribution in [0.2, 0.25) is 0 Å². The maximum absolute atomic E-state index is 6.67. The lowest BCUT2D eigenvalue weighted by Gasteiger charge is -2.45. The van der Waals surface area contributed by atoms with E-state index in [0.717, 1.165) is 71.8 Å². The average molecular weight is 835 g/mol. The minimum absolute atomic E-state index is 0.00241. The molecule has 0 radical (unpaired) electrons. The van der Waals surface area contributed by atoms with Crippen LogP contribution in [-0.2, 0) is 0 Å². The first-order valence-corrected chi connectivity index (χ1v) is 23.2. The Morgan fingerprint density at radius 2 is 0.938 bits per heavy atom. The first-order valence-electron chi connectivity index (χ1n) is 23.2. The third kappa shape index (κ3) is 5.58. The maximum atomic E-state index is 6.67. The lowest BCUT2D eigenvalue weighted by atomic mass is 9.33. The molecule has 14 rings (SSSR count). The van der Waals surface area contributed by atoms with Crippen molar-refractivity contribution in [2.45, 2.75) is 38.0 Å². The molecule has 308 valence electrons. The predicted molar refractivity (Wildman–Crippen MR) is 272 cm³/mol. The molecule has 0 amide bonds. The molecule has 11 aromatic rings. The summed E-state index contributed by atoms with van der Waals surface area (Å²) in [6.45, 7) is 0.00241. The summed E-state index contributed by atoms with van der Waals surface area (Å²) >= 11 is 0. The zero-order valence-corrected chi connectivity index (χ0v) is 35.9. The summed E-state index contributed by atoms with van der Waals surface area (Å²) in [4.78, 5) is 5.10. The number of anilines is 6. The number of hydrogen-bond acceptors (Lipinski definition) is 4. The van der Waals surface area contributed by atoms with Gasteiger partial charge in [0.1, 0.15) is 22.3 Å². The van der Waals surface area contributed by atoms with Gasteiger partial charge in [-0.05, 0) is 113 Å². The van der Waals surface area contributed by atoms with Gasteiger partial charge in [-0.15, -0.1) is 0 Å². The van der Waals surface area contributed by atoms with Gasteiger partial charge in [0.15, 0.2) is 0 Å². The molecule has 4 nitrogen and oxygen atoms in total. The number of furan rings is 2. The average Bonchev–Trinajstić information content (AvgIpc) is 3.96. The van der Waals surface area contributed by atoms with Crippen LogP contribution in [0.1, 0.15) is 43.6 Å². The lowest BCUT2D eigenvalue weighted by molar-refractivity contribution is 0.444. The van der Waals surface area contributed by atoms with E-state index in [0.29, 0.717) is 5.92 Å². The highest BCUT2D eigenvalue weighted by molar-refractivity contribution is 7.00. The lowest BCUT2D eigenvalue weighted by Crippen LogP contribution is -2.61. The first kappa shape index (κ1) is 36.7. The van der Waals surface area contributed by atoms with Crippen LogP contribution < -0.4 is 26.2 Å². The standard InChI is InChI=1S/C60H43BN2O2/c1-3-15-38(16-4-1)41-36-54-58-55(37-41)63(43-32-29-39(30-33-43)44-21-13-23-48-46-19-7-11-27-56(46)64-59(44)48)53-34-31-40(45-22-14-24-49-47-20-8-12-28-57(47)65-60(45)49)35-51(53)61(58)50-25-9-10-26-52(50)62(54)42-17-5-2-6-18-42/h2,5-14,17-38H,1,3-4,15-16H2. The van der Waals surface area contributed by atoms with Crippen LogP contribution in [0.4, 0.5) is 34.1 Å². The van der Waals surface area contributed by atoms with Crippen molar-refractivity contribution in [3.05, 3.63) is 200 Å². The van der Waals surface area contributed by atoms with E-state index in [9.17, 15) is 0 Å². The van der Waals surface area contributed by atoms with Crippen LogP contribution >= 0.6 is 0 Å². The van der Waals surface area contributed by atoms with Crippen LogP contribution in [0.3, 0.4) is 0 Å². The van der Waals surface area contributed by atoms with Gasteiger partial charge in [-0.3, -0.25) is 0 Å². The van der Waals surface area contributed by atoms with Crippen LogP contribution in [-0.4, -0.2) is 6.71 Å². The molecule has 3 aliphatic rings. The summed E-state index contributed by atoms with van der Waals surface area (Å²) in [5.74, 6) is 0.514. The fourth-order valence-electron chi connectivity index (χ4n) is 11.7. The van der Waals surface area contributed by atoms with Crippen molar-refractivity contribution in [2.24, 2.45) is 0 Å². The first-order chi connectivity index (χ1) is 32.2. The molecule has 1 aliphatic carbocycles. The third-order valence-corrected chi connectivity index (χ3v) is 14.6. The van der Waals surface area contributed by atoms with Gasteiger partial charge in [0.05, 0.1) is 0 Å². The summed E-state index contributed by atoms with van der Waals surface area (Å²) in [7, 11) is 0. The van der Waals surface area contributed by atoms with E-state index in [1.807, 2.05) is 6.07 Å². The van der Waals surface area contributed by atoms with Crippen LogP contribution in [0.25, 0.3) is 66.1 Å². The molecular formula is C60H43BN2O2. The monoisotopic (exact) mass is 834 g/mol. The molecule has 1 fully saturated rings. The van der Waals surface area contributed by atoms with Gasteiger partial charge in [0.25, 0.3) is 6.71 Å². The van der Waals surface area contributed by atoms with E-state index in [-0.39, 0.29) is 6.71 Å². The van der Waals surface area contributed by atoms with E-state index in [4.69, 9.17) is 8.83 Å². The zero-order valence-electron chi connectivity index (χ0n) is 35.9. The highest BCUT2D eigenvalue weighted by Gasteiger charge is 2.44. The molecule has 0 unspecified atom stereocenters. The summed E-state index contributed by atoms with van der Waals surface area (Å²) < 4.78 is 13.2. The minimum Gasteiger partial charge on any atom is -0.455 e. The van der Waals surface area contributed by atoms with Gasteiger partial charge in [0.2, 0.25) is 0 Å². The van der Waals surface area contributed by atoms with Crippen molar-refractivity contribution in [3.63, 3.8) is 0 Å². The second kappa shape index (κ2) is 14.4. The molecule has 0 spiro atoms. The number of rotatable bonds is 5. The third-order valence-electron chi connectivity index (χ3n) is 14.6. The molecule has 2 aromatic heterocycles. The Balaban J connectivity index is 1.02. The fourth-order valence-corrected chi connectivity index (χ4v) is 11.7. The molecule has 0 atom stereocenters. The van der Waals surface area contributed by atoms with E-state index < -0.39 is 0 Å². The molecule has 65 heavy (non-hydrogen) atoms. The SMILES string of the molecule is c1ccc(N2c3ccccc3B3c4cc(-c5cccc6c5oc5ccccc56)ccc4N(c4ccc(-c5cccc6c5oc5ccccc56)cc4)c4cc(C5CCCCC5)cc2c43)cc1. The Bertz CT molecular complexity index is 3670. The molecule has 5 heteroatoms. The van der Waals surface area contributed by atoms with Crippen molar-refractivity contribution >= 4 is 101 Å². The summed E-state index contributed by atoms with van der Waals surface area (Å²) in [5, 5.41) is 4.56. The van der Waals surface area contributed by atoms with Crippen molar-refractivity contribution in [2.75, 3.05) is 9.80 Å². The highest BCUT2D eigenvalue weighted by Crippen LogP contribution is 2.48. The predicted octanol–water partition coefficient (Wildman–Crippen LogP) is 14.9. The van der Waals surface area contributed by atoms with Crippen molar-refractivity contribution in [3.8, 4) is 22.3 Å². The maximum Gasteiger partial charge on any atom is 0.252 e. The van der Waals surface area contributed by atoms with E-state index in [1.54, 1.807) is 0 Å². The fraction of sp³-hybridized carbons (Fsp3) is 0.100. The number of nitrogens with zero attached hydrogens (tertiary/aromatic N) is 2. The largest absolute Gasteiger partial charge is 0.455 e. The molecular weight excluding hydrogens is 791 g/mol. The van der Waals surface area contributed by atoms with Gasteiger partial charge in [-0.2, -0.15) is 0 Å². The summed E-state index contributed by atoms with van der Waals surface area (Å²) in [5.41, 5.74) is 20.8. The van der Waals surface area contributed by atoms with Crippen molar-refractivity contribution in [1.82, 2.24) is 0 Å². The molecule has 0 bridgehead atoms. The normalized spacial score (nSPS) is 14.6. The zero-order chi connectivity index (χ0) is 42.6. The molecule has 2 aliphatic heterocycles. The minimum atomic E-state index is 0.00241. The van der Waals surface area contributed by atoms with Crippen LogP contribution in [0.5, 0.6) is 0 Å². The molecule has 9 aromatic carbocycles. The van der Waals surface area contributed by atoms with E-state index >= 15 is 0 Å². The van der Waals surface area contributed by atoms with Gasteiger partial charge in [-0.1, -0.05) is 153 Å². The van der Waals surface area contributed by atoms with Crippen molar-refractivity contribution in [1.29, 1.82) is 0 Å². The van der Waals surface area contributed by atoms with E-state index in [2.05, 4.69) is 198 Å². The van der Waals surface area contributed by atoms with Crippen LogP contribution in [0, 0.1) is 0 Å². The second-order valence-corrected chi connectivity index (χ2v) is 18.2. The Hall–Kier alpha value is -7.76. The topological polar surface area (TPSA) is 32.8 Å². The second-order valence-electron chi connectivity index (χ2n) is 18.2. The Morgan fingerprint density at radius 1 is 0.400 bits per heavy atom. The highest BCUT2D eigenvalue weighted by atomic mass is 16.3. The Kier molecular flexibility index (Phi) is 8.12. The molecule has 0 N–H and O–H groups in total. The quantitative estimate of drug-likeness (QED) is 0.162. The number of fused-ring (bicyclic) bond motifs is 10.